The standard InChI is InChI=1S/C17H24ClNO3/c1-12-5-4-6-14(18)15(12)21-10-8-19-16(20)13-7-9-22-17(2,3)11-13/h4-6,13H,7-11H2,1-3H3,(H,19,20). The Balaban J connectivity index is 1.76. The Labute approximate surface area is 137 Å². The summed E-state index contributed by atoms with van der Waals surface area (Å²) >= 11 is 6.10. The summed E-state index contributed by atoms with van der Waals surface area (Å²) in [7, 11) is 0. The van der Waals surface area contributed by atoms with Crippen molar-refractivity contribution in [2.45, 2.75) is 39.2 Å². The second-order valence-electron chi connectivity index (χ2n) is 6.32. The van der Waals surface area contributed by atoms with E-state index in [4.69, 9.17) is 21.1 Å². The minimum absolute atomic E-state index is 0.0193. The van der Waals surface area contributed by atoms with Crippen molar-refractivity contribution in [3.8, 4) is 5.75 Å². The van der Waals surface area contributed by atoms with Crippen LogP contribution in [-0.4, -0.2) is 31.3 Å². The van der Waals surface area contributed by atoms with Crippen molar-refractivity contribution in [3.63, 3.8) is 0 Å². The van der Waals surface area contributed by atoms with E-state index in [0.717, 1.165) is 18.4 Å². The van der Waals surface area contributed by atoms with Crippen LogP contribution in [0.5, 0.6) is 5.75 Å². The van der Waals surface area contributed by atoms with Crippen molar-refractivity contribution in [2.75, 3.05) is 19.8 Å². The van der Waals surface area contributed by atoms with Gasteiger partial charge < -0.3 is 14.8 Å². The van der Waals surface area contributed by atoms with E-state index in [0.29, 0.717) is 30.5 Å². The van der Waals surface area contributed by atoms with E-state index in [1.807, 2.05) is 32.9 Å². The van der Waals surface area contributed by atoms with Crippen molar-refractivity contribution in [2.24, 2.45) is 5.92 Å². The Morgan fingerprint density at radius 3 is 2.95 bits per heavy atom. The van der Waals surface area contributed by atoms with Gasteiger partial charge in [-0.1, -0.05) is 23.7 Å². The molecule has 1 unspecified atom stereocenters. The van der Waals surface area contributed by atoms with Crippen molar-refractivity contribution < 1.29 is 14.3 Å². The molecular formula is C17H24ClNO3. The summed E-state index contributed by atoms with van der Waals surface area (Å²) in [5.74, 6) is 0.785. The lowest BCUT2D eigenvalue weighted by atomic mass is 9.88. The van der Waals surface area contributed by atoms with E-state index >= 15 is 0 Å². The summed E-state index contributed by atoms with van der Waals surface area (Å²) in [6.45, 7) is 7.51. The number of benzene rings is 1. The minimum atomic E-state index is -0.217. The van der Waals surface area contributed by atoms with E-state index in [1.165, 1.54) is 0 Å². The molecule has 0 radical (unpaired) electrons. The monoisotopic (exact) mass is 325 g/mol. The van der Waals surface area contributed by atoms with Crippen LogP contribution < -0.4 is 10.1 Å². The molecule has 1 atom stereocenters. The Hall–Kier alpha value is -1.26. The SMILES string of the molecule is Cc1cccc(Cl)c1OCCNC(=O)C1CCOC(C)(C)C1. The van der Waals surface area contributed by atoms with E-state index in [1.54, 1.807) is 6.07 Å². The van der Waals surface area contributed by atoms with Crippen molar-refractivity contribution in [1.82, 2.24) is 5.32 Å². The summed E-state index contributed by atoms with van der Waals surface area (Å²) in [5.41, 5.74) is 0.774. The van der Waals surface area contributed by atoms with Crippen LogP contribution in [0.4, 0.5) is 0 Å². The average Bonchev–Trinajstić information content (AvgIpc) is 2.44. The molecule has 1 amide bonds. The molecule has 1 heterocycles. The highest BCUT2D eigenvalue weighted by atomic mass is 35.5. The van der Waals surface area contributed by atoms with Crippen LogP contribution in [0.1, 0.15) is 32.3 Å². The number of hydrogen-bond donors (Lipinski definition) is 1. The molecule has 0 aliphatic carbocycles. The van der Waals surface area contributed by atoms with Gasteiger partial charge in [0.1, 0.15) is 12.4 Å². The number of nitrogens with one attached hydrogen (secondary N) is 1. The number of ether oxygens (including phenoxy) is 2. The molecule has 0 spiro atoms. The van der Waals surface area contributed by atoms with Gasteiger partial charge in [0.2, 0.25) is 5.91 Å². The van der Waals surface area contributed by atoms with Crippen LogP contribution in [0.25, 0.3) is 0 Å². The van der Waals surface area contributed by atoms with Gasteiger partial charge in [0.05, 0.1) is 17.2 Å². The van der Waals surface area contributed by atoms with Crippen LogP contribution in [0, 0.1) is 12.8 Å². The fourth-order valence-corrected chi connectivity index (χ4v) is 3.00. The molecular weight excluding hydrogens is 302 g/mol. The molecule has 0 aromatic heterocycles. The lowest BCUT2D eigenvalue weighted by molar-refractivity contribution is -0.135. The Bertz CT molecular complexity index is 510. The zero-order valence-electron chi connectivity index (χ0n) is 13.4. The number of hydrogen-bond acceptors (Lipinski definition) is 3. The molecule has 1 fully saturated rings. The maximum atomic E-state index is 12.2. The zero-order valence-corrected chi connectivity index (χ0v) is 14.2. The van der Waals surface area contributed by atoms with Gasteiger partial charge in [-0.3, -0.25) is 4.79 Å². The molecule has 4 nitrogen and oxygen atoms in total. The molecule has 22 heavy (non-hydrogen) atoms. The van der Waals surface area contributed by atoms with E-state index in [9.17, 15) is 4.79 Å². The number of halogens is 1. The predicted molar refractivity (Wildman–Crippen MR) is 87.4 cm³/mol. The Morgan fingerprint density at radius 2 is 2.27 bits per heavy atom. The molecule has 1 aromatic carbocycles. The molecule has 5 heteroatoms. The third-order valence-electron chi connectivity index (χ3n) is 3.88. The zero-order chi connectivity index (χ0) is 16.2. The van der Waals surface area contributed by atoms with Crippen LogP contribution >= 0.6 is 11.6 Å². The topological polar surface area (TPSA) is 47.6 Å². The van der Waals surface area contributed by atoms with Crippen molar-refractivity contribution >= 4 is 17.5 Å². The highest BCUT2D eigenvalue weighted by Crippen LogP contribution is 2.29. The number of carbonyl (C=O) groups excluding carboxylic acids is 1. The lowest BCUT2D eigenvalue weighted by Gasteiger charge is -2.34. The van der Waals surface area contributed by atoms with Gasteiger partial charge in [-0.2, -0.15) is 0 Å². The summed E-state index contributed by atoms with van der Waals surface area (Å²) < 4.78 is 11.3. The molecule has 2 rings (SSSR count). The van der Waals surface area contributed by atoms with Crippen LogP contribution in [-0.2, 0) is 9.53 Å². The third-order valence-corrected chi connectivity index (χ3v) is 4.18. The molecule has 1 aliphatic rings. The first-order chi connectivity index (χ1) is 10.4. The van der Waals surface area contributed by atoms with Gasteiger partial charge in [0.25, 0.3) is 0 Å². The minimum Gasteiger partial charge on any atom is -0.490 e. The van der Waals surface area contributed by atoms with Gasteiger partial charge in [0, 0.05) is 12.5 Å². The fourth-order valence-electron chi connectivity index (χ4n) is 2.73. The molecule has 0 saturated carbocycles. The van der Waals surface area contributed by atoms with Crippen LogP contribution in [0.2, 0.25) is 5.02 Å². The predicted octanol–water partition coefficient (Wildman–Crippen LogP) is 3.35. The van der Waals surface area contributed by atoms with Gasteiger partial charge in [-0.05, 0) is 45.2 Å². The largest absolute Gasteiger partial charge is 0.490 e. The van der Waals surface area contributed by atoms with Crippen molar-refractivity contribution in [1.29, 1.82) is 0 Å². The van der Waals surface area contributed by atoms with Gasteiger partial charge in [0.15, 0.2) is 0 Å². The number of amides is 1. The second kappa shape index (κ2) is 7.34. The average molecular weight is 326 g/mol. The van der Waals surface area contributed by atoms with Gasteiger partial charge >= 0.3 is 0 Å². The highest BCUT2D eigenvalue weighted by molar-refractivity contribution is 6.32. The quantitative estimate of drug-likeness (QED) is 0.845. The van der Waals surface area contributed by atoms with Gasteiger partial charge in [-0.15, -0.1) is 0 Å². The fraction of sp³-hybridized carbons (Fsp3) is 0.588. The summed E-state index contributed by atoms with van der Waals surface area (Å²) in [6.07, 6.45) is 1.53. The highest BCUT2D eigenvalue weighted by Gasteiger charge is 2.32. The van der Waals surface area contributed by atoms with Crippen LogP contribution in [0.15, 0.2) is 18.2 Å². The van der Waals surface area contributed by atoms with Crippen LogP contribution in [0.3, 0.4) is 0 Å². The normalized spacial score (nSPS) is 20.5. The number of carbonyl (C=O) groups is 1. The molecule has 1 aliphatic heterocycles. The first kappa shape index (κ1) is 17.1. The molecule has 0 bridgehead atoms. The number of para-hydroxylation sites is 1. The number of rotatable bonds is 5. The van der Waals surface area contributed by atoms with E-state index < -0.39 is 0 Å². The Morgan fingerprint density at radius 1 is 1.50 bits per heavy atom. The Kier molecular flexibility index (Phi) is 5.70. The van der Waals surface area contributed by atoms with Gasteiger partial charge in [-0.25, -0.2) is 0 Å². The van der Waals surface area contributed by atoms with Crippen molar-refractivity contribution in [3.05, 3.63) is 28.8 Å². The smallest absolute Gasteiger partial charge is 0.223 e. The van der Waals surface area contributed by atoms with E-state index in [-0.39, 0.29) is 17.4 Å². The second-order valence-corrected chi connectivity index (χ2v) is 6.73. The maximum Gasteiger partial charge on any atom is 0.223 e. The first-order valence-corrected chi connectivity index (χ1v) is 8.06. The maximum absolute atomic E-state index is 12.2. The lowest BCUT2D eigenvalue weighted by Crippen LogP contribution is -2.42. The molecule has 1 aromatic rings. The summed E-state index contributed by atoms with van der Waals surface area (Å²) in [5, 5.41) is 3.53. The number of aryl methyl sites for hydroxylation is 1. The summed E-state index contributed by atoms with van der Waals surface area (Å²) in [6, 6.07) is 5.63. The molecule has 1 N–H and O–H groups in total. The third kappa shape index (κ3) is 4.62. The summed E-state index contributed by atoms with van der Waals surface area (Å²) in [4.78, 5) is 12.2. The first-order valence-electron chi connectivity index (χ1n) is 7.69. The molecule has 122 valence electrons. The van der Waals surface area contributed by atoms with E-state index in [2.05, 4.69) is 5.32 Å². The molecule has 1 saturated heterocycles.